The highest BCUT2D eigenvalue weighted by Crippen LogP contribution is 2.18. The van der Waals surface area contributed by atoms with Gasteiger partial charge in [0.1, 0.15) is 12.6 Å². The number of non-ortho nitro benzene ring substituents is 1. The van der Waals surface area contributed by atoms with Crippen molar-refractivity contribution in [1.82, 2.24) is 10.6 Å². The Hall–Kier alpha value is -3.96. The highest BCUT2D eigenvalue weighted by Gasteiger charge is 2.28. The highest BCUT2D eigenvalue weighted by atomic mass is 19.4. The molecule has 0 saturated heterocycles. The van der Waals surface area contributed by atoms with Gasteiger partial charge in [0.05, 0.1) is 16.2 Å². The number of alkyl halides is 3. The number of rotatable bonds is 7. The summed E-state index contributed by atoms with van der Waals surface area (Å²) in [4.78, 5) is 46.8. The lowest BCUT2D eigenvalue weighted by Crippen LogP contribution is -2.42. The molecule has 0 heterocycles. The van der Waals surface area contributed by atoms with E-state index in [1.807, 2.05) is 0 Å². The van der Waals surface area contributed by atoms with Gasteiger partial charge in [0.15, 0.2) is 0 Å². The van der Waals surface area contributed by atoms with Crippen LogP contribution in [0.4, 0.5) is 24.5 Å². The number of nitro benzene ring substituents is 1. The Labute approximate surface area is 173 Å². The first-order chi connectivity index (χ1) is 14.5. The molecular weight excluding hydrogens is 421 g/mol. The van der Waals surface area contributed by atoms with E-state index in [-0.39, 0.29) is 22.5 Å². The van der Waals surface area contributed by atoms with Gasteiger partial charge in [-0.15, -0.1) is 0 Å². The number of hydrogen-bond donors (Lipinski definition) is 3. The summed E-state index contributed by atoms with van der Waals surface area (Å²) in [5.41, 5.74) is -0.592. The highest BCUT2D eigenvalue weighted by molar-refractivity contribution is 6.06. The molecule has 2 rings (SSSR count). The molecule has 0 aliphatic carbocycles. The van der Waals surface area contributed by atoms with E-state index in [4.69, 9.17) is 0 Å². The van der Waals surface area contributed by atoms with Crippen LogP contribution in [0.25, 0.3) is 0 Å². The summed E-state index contributed by atoms with van der Waals surface area (Å²) < 4.78 is 37.0. The molecule has 0 aromatic heterocycles. The van der Waals surface area contributed by atoms with E-state index < -0.39 is 41.4 Å². The largest absolute Gasteiger partial charge is 0.405 e. The molecule has 12 heteroatoms. The van der Waals surface area contributed by atoms with Crippen molar-refractivity contribution >= 4 is 29.1 Å². The smallest absolute Gasteiger partial charge is 0.343 e. The molecule has 0 radical (unpaired) electrons. The van der Waals surface area contributed by atoms with Crippen molar-refractivity contribution in [2.24, 2.45) is 0 Å². The second-order valence-corrected chi connectivity index (χ2v) is 6.34. The van der Waals surface area contributed by atoms with Crippen LogP contribution in [0.5, 0.6) is 0 Å². The molecule has 3 N–H and O–H groups in total. The zero-order valence-electron chi connectivity index (χ0n) is 16.0. The first-order valence-electron chi connectivity index (χ1n) is 8.78. The predicted molar refractivity (Wildman–Crippen MR) is 103 cm³/mol. The van der Waals surface area contributed by atoms with E-state index in [1.54, 1.807) is 5.32 Å². The van der Waals surface area contributed by atoms with Crippen LogP contribution < -0.4 is 16.0 Å². The Morgan fingerprint density at radius 3 is 2.39 bits per heavy atom. The molecule has 9 nitrogen and oxygen atoms in total. The predicted octanol–water partition coefficient (Wildman–Crippen LogP) is 2.64. The monoisotopic (exact) mass is 438 g/mol. The molecule has 0 fully saturated rings. The van der Waals surface area contributed by atoms with Gasteiger partial charge in [-0.1, -0.05) is 18.2 Å². The number of anilines is 1. The van der Waals surface area contributed by atoms with Gasteiger partial charge >= 0.3 is 6.18 Å². The van der Waals surface area contributed by atoms with Crippen molar-refractivity contribution in [2.75, 3.05) is 11.9 Å². The molecule has 0 spiro atoms. The van der Waals surface area contributed by atoms with Crippen molar-refractivity contribution in [3.8, 4) is 0 Å². The SMILES string of the molecule is CC(NC(=O)c1cccc([N+](=O)[O-])c1)C(=O)Nc1ccccc1C(=O)NCC(F)(F)F. The summed E-state index contributed by atoms with van der Waals surface area (Å²) in [6, 6.07) is 9.17. The number of halogens is 3. The van der Waals surface area contributed by atoms with Gasteiger partial charge in [0.25, 0.3) is 17.5 Å². The molecule has 1 unspecified atom stereocenters. The zero-order valence-corrected chi connectivity index (χ0v) is 16.0. The van der Waals surface area contributed by atoms with Gasteiger partial charge < -0.3 is 16.0 Å². The van der Waals surface area contributed by atoms with E-state index in [2.05, 4.69) is 10.6 Å². The molecule has 31 heavy (non-hydrogen) atoms. The Bertz CT molecular complexity index is 1010. The zero-order chi connectivity index (χ0) is 23.2. The number of carbonyl (C=O) groups is 3. The van der Waals surface area contributed by atoms with Crippen molar-refractivity contribution in [2.45, 2.75) is 19.1 Å². The Kier molecular flexibility index (Phi) is 7.29. The number of hydrogen-bond acceptors (Lipinski definition) is 5. The van der Waals surface area contributed by atoms with Crippen LogP contribution in [0.3, 0.4) is 0 Å². The number of nitro groups is 1. The van der Waals surface area contributed by atoms with Gasteiger partial charge in [-0.05, 0) is 25.1 Å². The molecular formula is C19H17F3N4O5. The van der Waals surface area contributed by atoms with E-state index in [0.29, 0.717) is 0 Å². The molecule has 2 aromatic rings. The normalized spacial score (nSPS) is 11.9. The van der Waals surface area contributed by atoms with E-state index in [9.17, 15) is 37.7 Å². The summed E-state index contributed by atoms with van der Waals surface area (Å²) >= 11 is 0. The van der Waals surface area contributed by atoms with Crippen molar-refractivity contribution in [3.05, 3.63) is 69.8 Å². The Morgan fingerprint density at radius 2 is 1.74 bits per heavy atom. The van der Waals surface area contributed by atoms with Crippen LogP contribution >= 0.6 is 0 Å². The number of amides is 3. The third-order valence-corrected chi connectivity index (χ3v) is 3.94. The number of benzene rings is 2. The van der Waals surface area contributed by atoms with Crippen LogP contribution in [-0.2, 0) is 4.79 Å². The van der Waals surface area contributed by atoms with Crippen LogP contribution in [0, 0.1) is 10.1 Å². The van der Waals surface area contributed by atoms with E-state index in [0.717, 1.165) is 6.07 Å². The maximum atomic E-state index is 12.4. The van der Waals surface area contributed by atoms with Crippen LogP contribution in [0.1, 0.15) is 27.6 Å². The summed E-state index contributed by atoms with van der Waals surface area (Å²) in [7, 11) is 0. The fourth-order valence-electron chi connectivity index (χ4n) is 2.41. The number of nitrogens with one attached hydrogen (secondary N) is 3. The average molecular weight is 438 g/mol. The van der Waals surface area contributed by atoms with Gasteiger partial charge in [0, 0.05) is 17.7 Å². The summed E-state index contributed by atoms with van der Waals surface area (Å²) in [6.45, 7) is -0.208. The summed E-state index contributed by atoms with van der Waals surface area (Å²) in [5, 5.41) is 17.2. The van der Waals surface area contributed by atoms with Gasteiger partial charge in [-0.2, -0.15) is 13.2 Å². The molecule has 0 aliphatic rings. The van der Waals surface area contributed by atoms with Gasteiger partial charge in [-0.3, -0.25) is 24.5 Å². The molecule has 0 saturated carbocycles. The van der Waals surface area contributed by atoms with E-state index >= 15 is 0 Å². The average Bonchev–Trinajstić information content (AvgIpc) is 2.71. The summed E-state index contributed by atoms with van der Waals surface area (Å²) in [5.74, 6) is -2.54. The molecule has 164 valence electrons. The molecule has 1 atom stereocenters. The second-order valence-electron chi connectivity index (χ2n) is 6.34. The quantitative estimate of drug-likeness (QED) is 0.452. The molecule has 0 bridgehead atoms. The first-order valence-corrected chi connectivity index (χ1v) is 8.78. The topological polar surface area (TPSA) is 130 Å². The number of nitrogens with zero attached hydrogens (tertiary/aromatic N) is 1. The third kappa shape index (κ3) is 6.80. The fourth-order valence-corrected chi connectivity index (χ4v) is 2.41. The first kappa shape index (κ1) is 23.3. The standard InChI is InChI=1S/C19H17F3N4O5/c1-11(24-17(28)12-5-4-6-13(9-12)26(30)31)16(27)25-15-8-3-2-7-14(15)18(29)23-10-19(20,21)22/h2-9,11H,10H2,1H3,(H,23,29)(H,24,28)(H,25,27). The fraction of sp³-hybridized carbons (Fsp3) is 0.211. The Balaban J connectivity index is 2.06. The summed E-state index contributed by atoms with van der Waals surface area (Å²) in [6.07, 6.45) is -4.60. The number of carbonyl (C=O) groups excluding carboxylic acids is 3. The minimum atomic E-state index is -4.60. The third-order valence-electron chi connectivity index (χ3n) is 3.94. The van der Waals surface area contributed by atoms with Gasteiger partial charge in [0.2, 0.25) is 5.91 Å². The lowest BCUT2D eigenvalue weighted by molar-refractivity contribution is -0.384. The van der Waals surface area contributed by atoms with Gasteiger partial charge in [-0.25, -0.2) is 0 Å². The number of para-hydroxylation sites is 1. The van der Waals surface area contributed by atoms with Crippen LogP contribution in [0.15, 0.2) is 48.5 Å². The molecule has 0 aliphatic heterocycles. The maximum absolute atomic E-state index is 12.4. The molecule has 3 amide bonds. The molecule has 2 aromatic carbocycles. The minimum absolute atomic E-state index is 0.0409. The van der Waals surface area contributed by atoms with Crippen LogP contribution in [-0.4, -0.2) is 41.4 Å². The lowest BCUT2D eigenvalue weighted by Gasteiger charge is -2.16. The van der Waals surface area contributed by atoms with Crippen molar-refractivity contribution in [1.29, 1.82) is 0 Å². The van der Waals surface area contributed by atoms with Crippen molar-refractivity contribution < 1.29 is 32.5 Å². The van der Waals surface area contributed by atoms with Crippen LogP contribution in [0.2, 0.25) is 0 Å². The second kappa shape index (κ2) is 9.69. The Morgan fingerprint density at radius 1 is 1.06 bits per heavy atom. The maximum Gasteiger partial charge on any atom is 0.405 e. The van der Waals surface area contributed by atoms with E-state index in [1.165, 1.54) is 49.4 Å². The lowest BCUT2D eigenvalue weighted by atomic mass is 10.1. The minimum Gasteiger partial charge on any atom is -0.343 e. The van der Waals surface area contributed by atoms with Crippen molar-refractivity contribution in [3.63, 3.8) is 0 Å².